The van der Waals surface area contributed by atoms with Crippen LogP contribution in [0.4, 0.5) is 4.79 Å². The highest BCUT2D eigenvalue weighted by Gasteiger charge is 2.32. The third-order valence-corrected chi connectivity index (χ3v) is 5.38. The summed E-state index contributed by atoms with van der Waals surface area (Å²) < 4.78 is 13.2. The molecule has 31 heavy (non-hydrogen) atoms. The van der Waals surface area contributed by atoms with E-state index in [2.05, 4.69) is 39.5 Å². The van der Waals surface area contributed by atoms with Crippen LogP contribution in [0.2, 0.25) is 0 Å². The van der Waals surface area contributed by atoms with Crippen LogP contribution in [-0.2, 0) is 16.5 Å². The van der Waals surface area contributed by atoms with Gasteiger partial charge in [-0.15, -0.1) is 24.0 Å². The van der Waals surface area contributed by atoms with Gasteiger partial charge in [0.1, 0.15) is 11.7 Å². The predicted molar refractivity (Wildman–Crippen MR) is 133 cm³/mol. The molecule has 2 N–H and O–H groups in total. The van der Waals surface area contributed by atoms with Gasteiger partial charge in [0.15, 0.2) is 5.96 Å². The number of nitrogens with zero attached hydrogens (tertiary/aromatic N) is 4. The molecule has 0 aromatic carbocycles. The maximum absolute atomic E-state index is 12.4. The minimum absolute atomic E-state index is 0. The van der Waals surface area contributed by atoms with E-state index in [9.17, 15) is 4.79 Å². The topological polar surface area (TPSA) is 93.0 Å². The quantitative estimate of drug-likeness (QED) is 0.322. The number of alkyl carbamates (subject to hydrolysis) is 1. The molecule has 178 valence electrons. The number of morpholine rings is 1. The number of aromatic nitrogens is 2. The lowest BCUT2D eigenvalue weighted by atomic mass is 9.93. The normalized spacial score (nSPS) is 17.7. The van der Waals surface area contributed by atoms with Crippen molar-refractivity contribution in [3.8, 4) is 0 Å². The van der Waals surface area contributed by atoms with E-state index in [1.165, 1.54) is 0 Å². The van der Waals surface area contributed by atoms with Crippen molar-refractivity contribution >= 4 is 36.0 Å². The standard InChI is InChI=1S/C21H38N6O3.HI/c1-8-21(9-2,25-19(28)30-20(3,4)5)15-23-18(22-6)27-10-11-29-17(14-27)16-12-24-26(7)13-16;/h12-13,17H,8-11,14-15H2,1-7H3,(H,22,23)(H,25,28);1H. The molecule has 1 aliphatic rings. The second-order valence-corrected chi connectivity index (χ2v) is 8.77. The Hall–Kier alpha value is -1.56. The number of rotatable bonds is 6. The maximum atomic E-state index is 12.4. The van der Waals surface area contributed by atoms with Crippen molar-refractivity contribution in [1.82, 2.24) is 25.3 Å². The maximum Gasteiger partial charge on any atom is 0.408 e. The van der Waals surface area contributed by atoms with Crippen molar-refractivity contribution in [2.75, 3.05) is 33.3 Å². The van der Waals surface area contributed by atoms with E-state index in [0.29, 0.717) is 19.7 Å². The summed E-state index contributed by atoms with van der Waals surface area (Å²) in [6, 6.07) is 0. The van der Waals surface area contributed by atoms with Gasteiger partial charge in [0.25, 0.3) is 0 Å². The molecule has 2 rings (SSSR count). The van der Waals surface area contributed by atoms with Gasteiger partial charge in [-0.3, -0.25) is 9.67 Å². The number of hydrogen-bond acceptors (Lipinski definition) is 5. The van der Waals surface area contributed by atoms with Gasteiger partial charge < -0.3 is 25.0 Å². The highest BCUT2D eigenvalue weighted by molar-refractivity contribution is 14.0. The number of guanidine groups is 1. The second kappa shape index (κ2) is 11.9. The number of carbonyl (C=O) groups excluding carboxylic acids is 1. The second-order valence-electron chi connectivity index (χ2n) is 8.77. The Morgan fingerprint density at radius 3 is 2.55 bits per heavy atom. The van der Waals surface area contributed by atoms with Crippen LogP contribution in [0.3, 0.4) is 0 Å². The van der Waals surface area contributed by atoms with Crippen LogP contribution in [0.5, 0.6) is 0 Å². The summed E-state index contributed by atoms with van der Waals surface area (Å²) in [5, 5.41) is 10.8. The van der Waals surface area contributed by atoms with Gasteiger partial charge in [-0.2, -0.15) is 5.10 Å². The first-order valence-corrected chi connectivity index (χ1v) is 10.7. The monoisotopic (exact) mass is 550 g/mol. The van der Waals surface area contributed by atoms with Crippen LogP contribution in [0.25, 0.3) is 0 Å². The van der Waals surface area contributed by atoms with E-state index in [1.807, 2.05) is 40.2 Å². The lowest BCUT2D eigenvalue weighted by Gasteiger charge is -2.38. The molecule has 0 bridgehead atoms. The minimum Gasteiger partial charge on any atom is -0.444 e. The molecule has 0 saturated carbocycles. The summed E-state index contributed by atoms with van der Waals surface area (Å²) in [7, 11) is 3.68. The third kappa shape index (κ3) is 8.13. The molecule has 1 aliphatic heterocycles. The van der Waals surface area contributed by atoms with Gasteiger partial charge in [0.05, 0.1) is 24.9 Å². The van der Waals surface area contributed by atoms with E-state index >= 15 is 0 Å². The summed E-state index contributed by atoms with van der Waals surface area (Å²) in [6.45, 7) is 12.3. The Balaban J connectivity index is 0.00000480. The van der Waals surface area contributed by atoms with E-state index in [0.717, 1.165) is 30.9 Å². The molecule has 1 amide bonds. The van der Waals surface area contributed by atoms with E-state index in [4.69, 9.17) is 9.47 Å². The Morgan fingerprint density at radius 2 is 2.03 bits per heavy atom. The van der Waals surface area contributed by atoms with Crippen molar-refractivity contribution in [1.29, 1.82) is 0 Å². The lowest BCUT2D eigenvalue weighted by molar-refractivity contribution is -0.00816. The van der Waals surface area contributed by atoms with E-state index in [1.54, 1.807) is 11.7 Å². The molecule has 0 spiro atoms. The van der Waals surface area contributed by atoms with Crippen molar-refractivity contribution in [3.05, 3.63) is 18.0 Å². The van der Waals surface area contributed by atoms with E-state index in [-0.39, 0.29) is 30.1 Å². The van der Waals surface area contributed by atoms with Gasteiger partial charge >= 0.3 is 6.09 Å². The zero-order valence-electron chi connectivity index (χ0n) is 19.9. The zero-order chi connectivity index (χ0) is 22.4. The molecular formula is C21H39IN6O3. The van der Waals surface area contributed by atoms with Gasteiger partial charge in [0, 0.05) is 38.9 Å². The van der Waals surface area contributed by atoms with Crippen LogP contribution in [0, 0.1) is 0 Å². The van der Waals surface area contributed by atoms with Crippen molar-refractivity contribution in [3.63, 3.8) is 0 Å². The molecular weight excluding hydrogens is 511 g/mol. The number of ether oxygens (including phenoxy) is 2. The Kier molecular flexibility index (Phi) is 10.5. The number of halogens is 1. The third-order valence-electron chi connectivity index (χ3n) is 5.38. The number of hydrogen-bond donors (Lipinski definition) is 2. The molecule has 1 atom stereocenters. The lowest BCUT2D eigenvalue weighted by Crippen LogP contribution is -2.58. The van der Waals surface area contributed by atoms with Gasteiger partial charge in [-0.1, -0.05) is 13.8 Å². The summed E-state index contributed by atoms with van der Waals surface area (Å²) >= 11 is 0. The highest BCUT2D eigenvalue weighted by atomic mass is 127. The minimum atomic E-state index is -0.532. The highest BCUT2D eigenvalue weighted by Crippen LogP contribution is 2.22. The fourth-order valence-corrected chi connectivity index (χ4v) is 3.47. The molecule has 1 unspecified atom stereocenters. The van der Waals surface area contributed by atoms with Gasteiger partial charge in [-0.05, 0) is 33.6 Å². The number of amides is 1. The Labute approximate surface area is 203 Å². The zero-order valence-corrected chi connectivity index (χ0v) is 22.2. The fraction of sp³-hybridized carbons (Fsp3) is 0.762. The van der Waals surface area contributed by atoms with Crippen LogP contribution in [-0.4, -0.2) is 71.2 Å². The number of nitrogens with one attached hydrogen (secondary N) is 2. The Bertz CT molecular complexity index is 727. The largest absolute Gasteiger partial charge is 0.444 e. The van der Waals surface area contributed by atoms with Crippen LogP contribution < -0.4 is 10.6 Å². The molecule has 2 heterocycles. The van der Waals surface area contributed by atoms with Crippen molar-refractivity contribution in [2.24, 2.45) is 12.0 Å². The van der Waals surface area contributed by atoms with Crippen molar-refractivity contribution < 1.29 is 14.3 Å². The average molecular weight is 550 g/mol. The SMILES string of the molecule is CCC(CC)(CNC(=NC)N1CCOC(c2cnn(C)c2)C1)NC(=O)OC(C)(C)C.I. The number of aryl methyl sites for hydroxylation is 1. The van der Waals surface area contributed by atoms with E-state index < -0.39 is 17.2 Å². The molecule has 1 aromatic rings. The Morgan fingerprint density at radius 1 is 1.35 bits per heavy atom. The molecule has 9 nitrogen and oxygen atoms in total. The number of aliphatic imine (C=N–C) groups is 1. The van der Waals surface area contributed by atoms with Gasteiger partial charge in [0.2, 0.25) is 0 Å². The molecule has 0 aliphatic carbocycles. The van der Waals surface area contributed by atoms with Gasteiger partial charge in [-0.25, -0.2) is 4.79 Å². The van der Waals surface area contributed by atoms with Crippen LogP contribution >= 0.6 is 24.0 Å². The molecule has 1 saturated heterocycles. The predicted octanol–water partition coefficient (Wildman–Crippen LogP) is 3.07. The smallest absolute Gasteiger partial charge is 0.408 e. The van der Waals surface area contributed by atoms with Crippen LogP contribution in [0.15, 0.2) is 17.4 Å². The molecule has 1 aromatic heterocycles. The fourth-order valence-electron chi connectivity index (χ4n) is 3.47. The average Bonchev–Trinajstić information content (AvgIpc) is 3.13. The van der Waals surface area contributed by atoms with Crippen molar-refractivity contribution in [2.45, 2.75) is 64.7 Å². The first-order chi connectivity index (χ1) is 14.1. The summed E-state index contributed by atoms with van der Waals surface area (Å²) in [4.78, 5) is 19.0. The molecule has 1 fully saturated rings. The first kappa shape index (κ1) is 27.5. The van der Waals surface area contributed by atoms with Crippen LogP contribution in [0.1, 0.15) is 59.1 Å². The summed E-state index contributed by atoms with van der Waals surface area (Å²) in [5.74, 6) is 0.796. The first-order valence-electron chi connectivity index (χ1n) is 10.7. The summed E-state index contributed by atoms with van der Waals surface area (Å²) in [5.41, 5.74) is 0.101. The molecule has 10 heteroatoms. The molecule has 0 radical (unpaired) electrons. The summed E-state index contributed by atoms with van der Waals surface area (Å²) in [6.07, 6.45) is 4.92. The number of carbonyl (C=O) groups is 1.